The number of carbonyl (C=O) groups is 2. The van der Waals surface area contributed by atoms with Gasteiger partial charge in [0, 0.05) is 13.0 Å². The number of ether oxygens (including phenoxy) is 1. The van der Waals surface area contributed by atoms with E-state index in [1.54, 1.807) is 7.05 Å². The zero-order valence-corrected chi connectivity index (χ0v) is 13.7. The van der Waals surface area contributed by atoms with Crippen LogP contribution in [-0.2, 0) is 14.3 Å². The summed E-state index contributed by atoms with van der Waals surface area (Å²) in [7, 11) is 1.71. The maximum absolute atomic E-state index is 12.2. The fourth-order valence-electron chi connectivity index (χ4n) is 2.87. The van der Waals surface area contributed by atoms with E-state index in [2.05, 4.69) is 6.92 Å². The largest absolute Gasteiger partial charge is 0.464 e. The molecule has 21 heavy (non-hydrogen) atoms. The molecule has 0 aromatic rings. The summed E-state index contributed by atoms with van der Waals surface area (Å²) in [4.78, 5) is 25.5. The lowest BCUT2D eigenvalue weighted by Crippen LogP contribution is -2.38. The molecule has 0 spiro atoms. The standard InChI is InChI=1S/C17H31NO3/c1-3-4-5-6-10-13-21-16(19)14-18(2)17(20)15-11-8-7-9-12-15/h15H,3-14H2,1-2H3. The number of esters is 1. The average Bonchev–Trinajstić information content (AvgIpc) is 2.50. The molecule has 0 aromatic carbocycles. The fraction of sp³-hybridized carbons (Fsp3) is 0.882. The van der Waals surface area contributed by atoms with Crippen LogP contribution < -0.4 is 0 Å². The third-order valence-electron chi connectivity index (χ3n) is 4.21. The molecular weight excluding hydrogens is 266 g/mol. The minimum atomic E-state index is -0.280. The van der Waals surface area contributed by atoms with Crippen molar-refractivity contribution in [3.8, 4) is 0 Å². The first-order chi connectivity index (χ1) is 10.1. The van der Waals surface area contributed by atoms with Gasteiger partial charge in [-0.2, -0.15) is 0 Å². The molecule has 1 aliphatic carbocycles. The molecule has 0 bridgehead atoms. The molecule has 1 aliphatic rings. The van der Waals surface area contributed by atoms with Crippen LogP contribution in [0.5, 0.6) is 0 Å². The summed E-state index contributed by atoms with van der Waals surface area (Å²) in [5, 5.41) is 0. The normalized spacial score (nSPS) is 15.7. The van der Waals surface area contributed by atoms with Gasteiger partial charge in [0.15, 0.2) is 0 Å². The molecule has 0 radical (unpaired) electrons. The molecule has 4 nitrogen and oxygen atoms in total. The molecule has 1 rings (SSSR count). The van der Waals surface area contributed by atoms with Gasteiger partial charge in [-0.15, -0.1) is 0 Å². The number of hydrogen-bond acceptors (Lipinski definition) is 3. The van der Waals surface area contributed by atoms with E-state index < -0.39 is 0 Å². The Hall–Kier alpha value is -1.06. The Kier molecular flexibility index (Phi) is 9.11. The maximum Gasteiger partial charge on any atom is 0.325 e. The molecule has 0 atom stereocenters. The molecule has 4 heteroatoms. The van der Waals surface area contributed by atoms with Crippen LogP contribution in [0, 0.1) is 5.92 Å². The van der Waals surface area contributed by atoms with Gasteiger partial charge in [-0.05, 0) is 19.3 Å². The predicted octanol–water partition coefficient (Wildman–Crippen LogP) is 3.54. The van der Waals surface area contributed by atoms with Gasteiger partial charge in [0.2, 0.25) is 5.91 Å². The van der Waals surface area contributed by atoms with Gasteiger partial charge in [-0.1, -0.05) is 51.9 Å². The minimum Gasteiger partial charge on any atom is -0.464 e. The van der Waals surface area contributed by atoms with Crippen molar-refractivity contribution in [1.82, 2.24) is 4.90 Å². The summed E-state index contributed by atoms with van der Waals surface area (Å²) in [6.45, 7) is 2.75. The van der Waals surface area contributed by atoms with Crippen molar-refractivity contribution in [3.05, 3.63) is 0 Å². The van der Waals surface area contributed by atoms with Gasteiger partial charge in [-0.25, -0.2) is 0 Å². The molecule has 1 amide bonds. The third-order valence-corrected chi connectivity index (χ3v) is 4.21. The Labute approximate surface area is 129 Å². The summed E-state index contributed by atoms with van der Waals surface area (Å²) >= 11 is 0. The topological polar surface area (TPSA) is 46.6 Å². The molecule has 1 fully saturated rings. The zero-order chi connectivity index (χ0) is 15.5. The second-order valence-electron chi connectivity index (χ2n) is 6.16. The van der Waals surface area contributed by atoms with E-state index >= 15 is 0 Å². The Morgan fingerprint density at radius 1 is 1.05 bits per heavy atom. The second kappa shape index (κ2) is 10.6. The number of rotatable bonds is 9. The maximum atomic E-state index is 12.2. The lowest BCUT2D eigenvalue weighted by molar-refractivity contribution is -0.150. The lowest BCUT2D eigenvalue weighted by atomic mass is 9.88. The average molecular weight is 297 g/mol. The van der Waals surface area contributed by atoms with Crippen LogP contribution in [0.25, 0.3) is 0 Å². The quantitative estimate of drug-likeness (QED) is 0.483. The highest BCUT2D eigenvalue weighted by Crippen LogP contribution is 2.24. The second-order valence-corrected chi connectivity index (χ2v) is 6.16. The van der Waals surface area contributed by atoms with Crippen LogP contribution in [0.1, 0.15) is 71.1 Å². The van der Waals surface area contributed by atoms with Crippen molar-refractivity contribution in [3.63, 3.8) is 0 Å². The van der Waals surface area contributed by atoms with E-state index in [4.69, 9.17) is 4.74 Å². The van der Waals surface area contributed by atoms with Gasteiger partial charge >= 0.3 is 5.97 Å². The van der Waals surface area contributed by atoms with E-state index in [0.717, 1.165) is 38.5 Å². The van der Waals surface area contributed by atoms with Crippen LogP contribution >= 0.6 is 0 Å². The molecule has 0 aromatic heterocycles. The van der Waals surface area contributed by atoms with Gasteiger partial charge in [0.05, 0.1) is 6.61 Å². The number of unbranched alkanes of at least 4 members (excludes halogenated alkanes) is 4. The summed E-state index contributed by atoms with van der Waals surface area (Å²) in [5.74, 6) is -0.0580. The summed E-state index contributed by atoms with van der Waals surface area (Å²) < 4.78 is 5.20. The van der Waals surface area contributed by atoms with Crippen LogP contribution in [0.2, 0.25) is 0 Å². The number of nitrogens with zero attached hydrogens (tertiary/aromatic N) is 1. The van der Waals surface area contributed by atoms with Gasteiger partial charge < -0.3 is 9.64 Å². The van der Waals surface area contributed by atoms with E-state index in [1.165, 1.54) is 30.6 Å². The minimum absolute atomic E-state index is 0.0876. The molecule has 122 valence electrons. The van der Waals surface area contributed by atoms with Crippen LogP contribution in [-0.4, -0.2) is 37.0 Å². The zero-order valence-electron chi connectivity index (χ0n) is 13.7. The first-order valence-corrected chi connectivity index (χ1v) is 8.55. The summed E-state index contributed by atoms with van der Waals surface area (Å²) in [6.07, 6.45) is 11.1. The van der Waals surface area contributed by atoms with Gasteiger partial charge in [0.1, 0.15) is 6.54 Å². The number of likely N-dealkylation sites (N-methyl/N-ethyl adjacent to an activating group) is 1. The van der Waals surface area contributed by atoms with Gasteiger partial charge in [-0.3, -0.25) is 9.59 Å². The van der Waals surface area contributed by atoms with Crippen LogP contribution in [0.15, 0.2) is 0 Å². The van der Waals surface area contributed by atoms with E-state index in [-0.39, 0.29) is 24.3 Å². The SMILES string of the molecule is CCCCCCCOC(=O)CN(C)C(=O)C1CCCCC1. The van der Waals surface area contributed by atoms with E-state index in [9.17, 15) is 9.59 Å². The Morgan fingerprint density at radius 3 is 2.38 bits per heavy atom. The third kappa shape index (κ3) is 7.49. The van der Waals surface area contributed by atoms with Crippen molar-refractivity contribution in [1.29, 1.82) is 0 Å². The Balaban J connectivity index is 2.13. The highest BCUT2D eigenvalue weighted by molar-refractivity contribution is 5.83. The number of amides is 1. The highest BCUT2D eigenvalue weighted by Gasteiger charge is 2.25. The first kappa shape index (κ1) is 18.0. The molecule has 0 saturated heterocycles. The van der Waals surface area contributed by atoms with Crippen molar-refractivity contribution in [2.24, 2.45) is 5.92 Å². The monoisotopic (exact) mass is 297 g/mol. The lowest BCUT2D eigenvalue weighted by Gasteiger charge is -2.25. The smallest absolute Gasteiger partial charge is 0.325 e. The number of hydrogen-bond donors (Lipinski definition) is 0. The molecule has 0 N–H and O–H groups in total. The van der Waals surface area contributed by atoms with Crippen molar-refractivity contribution in [2.45, 2.75) is 71.1 Å². The van der Waals surface area contributed by atoms with Crippen molar-refractivity contribution in [2.75, 3.05) is 20.2 Å². The molecule has 0 unspecified atom stereocenters. The van der Waals surface area contributed by atoms with Crippen molar-refractivity contribution >= 4 is 11.9 Å². The first-order valence-electron chi connectivity index (χ1n) is 8.55. The summed E-state index contributed by atoms with van der Waals surface area (Å²) in [6, 6.07) is 0. The predicted molar refractivity (Wildman–Crippen MR) is 83.9 cm³/mol. The molecular formula is C17H31NO3. The van der Waals surface area contributed by atoms with E-state index in [1.807, 2.05) is 0 Å². The molecule has 1 saturated carbocycles. The highest BCUT2D eigenvalue weighted by atomic mass is 16.5. The number of carbonyl (C=O) groups excluding carboxylic acids is 2. The Morgan fingerprint density at radius 2 is 1.71 bits per heavy atom. The molecule has 0 aliphatic heterocycles. The fourth-order valence-corrected chi connectivity index (χ4v) is 2.87. The van der Waals surface area contributed by atoms with Gasteiger partial charge in [0.25, 0.3) is 0 Å². The Bertz CT molecular complexity index is 311. The van der Waals surface area contributed by atoms with Crippen molar-refractivity contribution < 1.29 is 14.3 Å². The summed E-state index contributed by atoms with van der Waals surface area (Å²) in [5.41, 5.74) is 0. The van der Waals surface area contributed by atoms with E-state index in [0.29, 0.717) is 6.61 Å². The van der Waals surface area contributed by atoms with Crippen LogP contribution in [0.3, 0.4) is 0 Å². The van der Waals surface area contributed by atoms with Crippen LogP contribution in [0.4, 0.5) is 0 Å². The molecule has 0 heterocycles.